The molecule has 0 radical (unpaired) electrons. The lowest BCUT2D eigenvalue weighted by Gasteiger charge is -2.23. The molecular weight excluding hydrogens is 120 g/mol. The summed E-state index contributed by atoms with van der Waals surface area (Å²) in [6.07, 6.45) is 4.06. The maximum absolute atomic E-state index is 2.36. The second-order valence-electron chi connectivity index (χ2n) is 4.45. The Morgan fingerprint density at radius 2 is 1.70 bits per heavy atom. The number of hydrogen-bond donors (Lipinski definition) is 0. The Hall–Kier alpha value is 0. The Labute approximate surface area is 66.0 Å². The van der Waals surface area contributed by atoms with Crippen LogP contribution in [0.4, 0.5) is 0 Å². The molecule has 0 aromatic carbocycles. The van der Waals surface area contributed by atoms with E-state index in [4.69, 9.17) is 0 Å². The number of hydrogen-bond acceptors (Lipinski definition) is 0. The van der Waals surface area contributed by atoms with Crippen molar-refractivity contribution in [3.8, 4) is 0 Å². The predicted molar refractivity (Wildman–Crippen MR) is 48.1 cm³/mol. The largest absolute Gasteiger partial charge is 0.0649 e. The molecule has 0 N–H and O–H groups in total. The minimum absolute atomic E-state index is 0.574. The topological polar surface area (TPSA) is 0 Å². The van der Waals surface area contributed by atoms with E-state index in [0.29, 0.717) is 5.41 Å². The van der Waals surface area contributed by atoms with Gasteiger partial charge >= 0.3 is 0 Å². The van der Waals surface area contributed by atoms with Crippen molar-refractivity contribution in [3.05, 3.63) is 0 Å². The van der Waals surface area contributed by atoms with Gasteiger partial charge in [0, 0.05) is 0 Å². The molecule has 0 unspecified atom stereocenters. The third kappa shape index (κ3) is 4.84. The van der Waals surface area contributed by atoms with Gasteiger partial charge in [-0.05, 0) is 17.8 Å². The Bertz CT molecular complexity index is 80.0. The maximum Gasteiger partial charge on any atom is -0.0357 e. The van der Waals surface area contributed by atoms with Gasteiger partial charge in [0.05, 0.1) is 0 Å². The third-order valence-electron chi connectivity index (χ3n) is 2.36. The molecule has 0 aliphatic carbocycles. The summed E-state index contributed by atoms with van der Waals surface area (Å²) in [6, 6.07) is 0. The third-order valence-corrected chi connectivity index (χ3v) is 2.36. The first-order valence-electron chi connectivity index (χ1n) is 4.48. The van der Waals surface area contributed by atoms with Crippen LogP contribution in [0.3, 0.4) is 0 Å². The van der Waals surface area contributed by atoms with E-state index in [1.54, 1.807) is 0 Å². The zero-order chi connectivity index (χ0) is 8.20. The molecule has 10 heavy (non-hydrogen) atoms. The van der Waals surface area contributed by atoms with E-state index < -0.39 is 0 Å². The van der Waals surface area contributed by atoms with Gasteiger partial charge in [-0.15, -0.1) is 0 Å². The summed E-state index contributed by atoms with van der Waals surface area (Å²) in [6.45, 7) is 11.6. The van der Waals surface area contributed by atoms with E-state index in [9.17, 15) is 0 Å². The molecule has 0 aliphatic rings. The highest BCUT2D eigenvalue weighted by Gasteiger charge is 2.14. The van der Waals surface area contributed by atoms with E-state index in [0.717, 1.165) is 5.92 Å². The molecule has 0 nitrogen and oxygen atoms in total. The van der Waals surface area contributed by atoms with Gasteiger partial charge in [0.15, 0.2) is 0 Å². The Morgan fingerprint density at radius 3 is 2.00 bits per heavy atom. The van der Waals surface area contributed by atoms with Crippen LogP contribution in [0.15, 0.2) is 0 Å². The second-order valence-corrected chi connectivity index (χ2v) is 4.45. The standard InChI is InChI=1S/C10H22/c1-6-10(4,5)8-7-9(2)3/h9H,6-8H2,1-5H3. The zero-order valence-electron chi connectivity index (χ0n) is 8.20. The average Bonchev–Trinajstić information content (AvgIpc) is 1.85. The molecular formula is C10H22. The van der Waals surface area contributed by atoms with Crippen molar-refractivity contribution in [1.29, 1.82) is 0 Å². The van der Waals surface area contributed by atoms with Crippen LogP contribution < -0.4 is 0 Å². The molecule has 0 saturated heterocycles. The van der Waals surface area contributed by atoms with Gasteiger partial charge in [-0.3, -0.25) is 0 Å². The van der Waals surface area contributed by atoms with Gasteiger partial charge in [-0.1, -0.05) is 47.5 Å². The molecule has 0 heteroatoms. The monoisotopic (exact) mass is 142 g/mol. The zero-order valence-corrected chi connectivity index (χ0v) is 8.20. The van der Waals surface area contributed by atoms with Gasteiger partial charge in [0.1, 0.15) is 0 Å². The minimum atomic E-state index is 0.574. The van der Waals surface area contributed by atoms with Crippen LogP contribution in [-0.4, -0.2) is 0 Å². The quantitative estimate of drug-likeness (QED) is 0.559. The van der Waals surface area contributed by atoms with Crippen LogP contribution in [0.25, 0.3) is 0 Å². The summed E-state index contributed by atoms with van der Waals surface area (Å²) >= 11 is 0. The van der Waals surface area contributed by atoms with Crippen LogP contribution in [0.2, 0.25) is 0 Å². The van der Waals surface area contributed by atoms with E-state index in [1.807, 2.05) is 0 Å². The van der Waals surface area contributed by atoms with E-state index in [-0.39, 0.29) is 0 Å². The maximum atomic E-state index is 2.36. The first-order chi connectivity index (χ1) is 4.48. The highest BCUT2D eigenvalue weighted by Crippen LogP contribution is 2.27. The first-order valence-corrected chi connectivity index (χ1v) is 4.48. The van der Waals surface area contributed by atoms with Crippen molar-refractivity contribution < 1.29 is 0 Å². The molecule has 0 spiro atoms. The van der Waals surface area contributed by atoms with Crippen LogP contribution in [-0.2, 0) is 0 Å². The molecule has 0 aromatic rings. The van der Waals surface area contributed by atoms with Crippen molar-refractivity contribution in [3.63, 3.8) is 0 Å². The van der Waals surface area contributed by atoms with Gasteiger partial charge in [0.2, 0.25) is 0 Å². The van der Waals surface area contributed by atoms with Crippen molar-refractivity contribution >= 4 is 0 Å². The molecule has 62 valence electrons. The Balaban J connectivity index is 3.46. The Morgan fingerprint density at radius 1 is 1.20 bits per heavy atom. The summed E-state index contributed by atoms with van der Waals surface area (Å²) in [7, 11) is 0. The predicted octanol–water partition coefficient (Wildman–Crippen LogP) is 3.86. The first kappa shape index (κ1) is 10.0. The van der Waals surface area contributed by atoms with Crippen LogP contribution in [0, 0.1) is 11.3 Å². The summed E-state index contributed by atoms with van der Waals surface area (Å²) in [5.41, 5.74) is 0.574. The lowest BCUT2D eigenvalue weighted by molar-refractivity contribution is 0.293. The molecule has 0 amide bonds. The molecule has 0 bridgehead atoms. The SMILES string of the molecule is CCC(C)(C)CCC(C)C. The molecule has 0 saturated carbocycles. The van der Waals surface area contributed by atoms with Crippen molar-refractivity contribution in [2.45, 2.75) is 53.9 Å². The molecule has 0 heterocycles. The average molecular weight is 142 g/mol. The van der Waals surface area contributed by atoms with Crippen LogP contribution in [0.5, 0.6) is 0 Å². The molecule has 0 fully saturated rings. The van der Waals surface area contributed by atoms with E-state index >= 15 is 0 Å². The van der Waals surface area contributed by atoms with Gasteiger partial charge < -0.3 is 0 Å². The molecule has 0 aromatic heterocycles. The highest BCUT2D eigenvalue weighted by atomic mass is 14.2. The molecule has 0 aliphatic heterocycles. The van der Waals surface area contributed by atoms with Crippen LogP contribution in [0.1, 0.15) is 53.9 Å². The summed E-state index contributed by atoms with van der Waals surface area (Å²) in [5, 5.41) is 0. The Kier molecular flexibility index (Phi) is 4.00. The fourth-order valence-electron chi connectivity index (χ4n) is 0.856. The fourth-order valence-corrected chi connectivity index (χ4v) is 0.856. The summed E-state index contributed by atoms with van der Waals surface area (Å²) < 4.78 is 0. The van der Waals surface area contributed by atoms with E-state index in [2.05, 4.69) is 34.6 Å². The smallest absolute Gasteiger partial charge is 0.0357 e. The van der Waals surface area contributed by atoms with Crippen molar-refractivity contribution in [2.24, 2.45) is 11.3 Å². The van der Waals surface area contributed by atoms with Gasteiger partial charge in [0.25, 0.3) is 0 Å². The van der Waals surface area contributed by atoms with Crippen LogP contribution >= 0.6 is 0 Å². The normalized spacial score (nSPS) is 12.6. The summed E-state index contributed by atoms with van der Waals surface area (Å²) in [5.74, 6) is 0.867. The van der Waals surface area contributed by atoms with Gasteiger partial charge in [-0.25, -0.2) is 0 Å². The lowest BCUT2D eigenvalue weighted by Crippen LogP contribution is -2.10. The van der Waals surface area contributed by atoms with E-state index in [1.165, 1.54) is 19.3 Å². The van der Waals surface area contributed by atoms with Gasteiger partial charge in [-0.2, -0.15) is 0 Å². The van der Waals surface area contributed by atoms with Crippen molar-refractivity contribution in [2.75, 3.05) is 0 Å². The fraction of sp³-hybridized carbons (Fsp3) is 1.00. The molecule has 0 atom stereocenters. The minimum Gasteiger partial charge on any atom is -0.0649 e. The highest BCUT2D eigenvalue weighted by molar-refractivity contribution is 4.66. The summed E-state index contributed by atoms with van der Waals surface area (Å²) in [4.78, 5) is 0. The molecule has 0 rings (SSSR count). The number of rotatable bonds is 4. The van der Waals surface area contributed by atoms with Crippen molar-refractivity contribution in [1.82, 2.24) is 0 Å². The second kappa shape index (κ2) is 4.00. The lowest BCUT2D eigenvalue weighted by atomic mass is 9.83.